The van der Waals surface area contributed by atoms with Crippen LogP contribution in [-0.2, 0) is 0 Å². The van der Waals surface area contributed by atoms with Gasteiger partial charge in [-0.2, -0.15) is 10.1 Å². The summed E-state index contributed by atoms with van der Waals surface area (Å²) in [6, 6.07) is 20.3. The highest BCUT2D eigenvalue weighted by molar-refractivity contribution is 7.10. The van der Waals surface area contributed by atoms with Gasteiger partial charge in [-0.25, -0.2) is 4.68 Å². The van der Waals surface area contributed by atoms with Gasteiger partial charge in [0.25, 0.3) is 0 Å². The molecule has 2 aliphatic rings. The van der Waals surface area contributed by atoms with Crippen molar-refractivity contribution in [3.8, 4) is 11.5 Å². The van der Waals surface area contributed by atoms with Crippen molar-refractivity contribution >= 4 is 23.0 Å². The maximum atomic E-state index is 6.56. The maximum Gasteiger partial charge on any atom is 0.226 e. The molecule has 2 atom stereocenters. The van der Waals surface area contributed by atoms with Gasteiger partial charge in [-0.1, -0.05) is 30.3 Å². The van der Waals surface area contributed by atoms with Gasteiger partial charge in [0.1, 0.15) is 23.9 Å². The number of thiophene rings is 1. The Morgan fingerprint density at radius 1 is 1.07 bits per heavy atom. The molecule has 1 N–H and O–H groups in total. The van der Waals surface area contributed by atoms with Crippen LogP contribution in [0.1, 0.15) is 28.1 Å². The van der Waals surface area contributed by atoms with Crippen LogP contribution in [0.4, 0.5) is 5.95 Å². The largest absolute Gasteiger partial charge is 0.497 e. The molecule has 6 nitrogen and oxygen atoms in total. The molecule has 4 aromatic rings. The molecule has 2 aliphatic heterocycles. The number of para-hydroxylation sites is 1. The molecule has 2 aromatic carbocycles. The minimum atomic E-state index is -0.216. The van der Waals surface area contributed by atoms with E-state index in [0.717, 1.165) is 44.7 Å². The highest BCUT2D eigenvalue weighted by atomic mass is 32.1. The molecular formula is C23H18N4O2S. The summed E-state index contributed by atoms with van der Waals surface area (Å²) in [5.74, 6) is 2.40. The zero-order valence-electron chi connectivity index (χ0n) is 16.1. The maximum absolute atomic E-state index is 6.56. The lowest BCUT2D eigenvalue weighted by Gasteiger charge is -2.38. The number of rotatable bonds is 3. The first-order chi connectivity index (χ1) is 14.8. The molecule has 7 heteroatoms. The monoisotopic (exact) mass is 414 g/mol. The molecule has 0 saturated heterocycles. The number of fused-ring (bicyclic) bond motifs is 3. The van der Waals surface area contributed by atoms with Crippen LogP contribution >= 0.6 is 11.3 Å². The van der Waals surface area contributed by atoms with E-state index in [9.17, 15) is 0 Å². The molecule has 30 heavy (non-hydrogen) atoms. The Labute approximate surface area is 177 Å². The summed E-state index contributed by atoms with van der Waals surface area (Å²) in [5, 5.41) is 10.1. The van der Waals surface area contributed by atoms with Crippen molar-refractivity contribution in [1.82, 2.24) is 14.8 Å². The van der Waals surface area contributed by atoms with Gasteiger partial charge >= 0.3 is 0 Å². The number of nitrogens with one attached hydrogen (secondary N) is 1. The quantitative estimate of drug-likeness (QED) is 0.516. The van der Waals surface area contributed by atoms with Crippen LogP contribution < -0.4 is 14.8 Å². The molecule has 0 radical (unpaired) electrons. The van der Waals surface area contributed by atoms with Crippen molar-refractivity contribution < 1.29 is 9.47 Å². The Morgan fingerprint density at radius 2 is 1.93 bits per heavy atom. The Morgan fingerprint density at radius 3 is 2.73 bits per heavy atom. The SMILES string of the molecule is COc1ccc([C@H]2C3=C(Nc4ncnn42)c2ccccc2O[C@H]3c2cccs2)cc1. The van der Waals surface area contributed by atoms with Crippen LogP contribution in [0.25, 0.3) is 5.70 Å². The minimum Gasteiger partial charge on any atom is -0.497 e. The van der Waals surface area contributed by atoms with Gasteiger partial charge in [0.2, 0.25) is 5.95 Å². The first kappa shape index (κ1) is 17.3. The number of ether oxygens (including phenoxy) is 2. The fourth-order valence-electron chi connectivity index (χ4n) is 4.20. The Balaban J connectivity index is 1.61. The van der Waals surface area contributed by atoms with Crippen molar-refractivity contribution in [3.63, 3.8) is 0 Å². The van der Waals surface area contributed by atoms with Crippen LogP contribution in [0.5, 0.6) is 11.5 Å². The van der Waals surface area contributed by atoms with Gasteiger partial charge in [-0.15, -0.1) is 11.3 Å². The van der Waals surface area contributed by atoms with E-state index in [0.29, 0.717) is 0 Å². The van der Waals surface area contributed by atoms with Crippen LogP contribution in [0.3, 0.4) is 0 Å². The van der Waals surface area contributed by atoms with Crippen molar-refractivity contribution in [1.29, 1.82) is 0 Å². The summed E-state index contributed by atoms with van der Waals surface area (Å²) in [6.45, 7) is 0. The van der Waals surface area contributed by atoms with Crippen molar-refractivity contribution in [2.24, 2.45) is 0 Å². The summed E-state index contributed by atoms with van der Waals surface area (Å²) in [7, 11) is 1.68. The van der Waals surface area contributed by atoms with Crippen molar-refractivity contribution in [3.05, 3.63) is 93.9 Å². The lowest BCUT2D eigenvalue weighted by Crippen LogP contribution is -2.32. The summed E-state index contributed by atoms with van der Waals surface area (Å²) < 4.78 is 13.9. The standard InChI is InChI=1S/C23H18N4O2S/c1-28-15-10-8-14(9-11-15)21-19-20(26-23-24-13-25-27(21)23)16-5-2-3-6-17(16)29-22(19)18-7-4-12-30-18/h2-13,21-22H,1H3,(H,24,25,26)/t21-,22-/m0/s1. The summed E-state index contributed by atoms with van der Waals surface area (Å²) in [4.78, 5) is 5.62. The number of nitrogens with zero attached hydrogens (tertiary/aromatic N) is 3. The molecule has 0 amide bonds. The van der Waals surface area contributed by atoms with Gasteiger partial charge in [-0.3, -0.25) is 0 Å². The highest BCUT2D eigenvalue weighted by Crippen LogP contribution is 2.51. The third-order valence-electron chi connectivity index (χ3n) is 5.55. The number of hydrogen-bond acceptors (Lipinski definition) is 6. The van der Waals surface area contributed by atoms with E-state index < -0.39 is 0 Å². The van der Waals surface area contributed by atoms with Gasteiger partial charge in [0.05, 0.1) is 12.8 Å². The zero-order chi connectivity index (χ0) is 20.1. The third kappa shape index (κ3) is 2.55. The molecule has 148 valence electrons. The van der Waals surface area contributed by atoms with Gasteiger partial charge in [-0.05, 0) is 41.3 Å². The second-order valence-electron chi connectivity index (χ2n) is 7.17. The van der Waals surface area contributed by atoms with E-state index in [1.807, 2.05) is 35.0 Å². The van der Waals surface area contributed by atoms with Crippen molar-refractivity contribution in [2.75, 3.05) is 12.4 Å². The van der Waals surface area contributed by atoms with E-state index in [1.165, 1.54) is 0 Å². The normalized spacial score (nSPS) is 19.2. The van der Waals surface area contributed by atoms with Crippen LogP contribution in [0, 0.1) is 0 Å². The summed E-state index contributed by atoms with van der Waals surface area (Å²) in [6.07, 6.45) is 1.37. The van der Waals surface area contributed by atoms with E-state index in [-0.39, 0.29) is 12.1 Å². The van der Waals surface area contributed by atoms with E-state index in [1.54, 1.807) is 24.8 Å². The Kier molecular flexibility index (Phi) is 3.89. The molecule has 0 bridgehead atoms. The molecule has 0 unspecified atom stereocenters. The molecule has 0 fully saturated rings. The predicted octanol–water partition coefficient (Wildman–Crippen LogP) is 4.91. The van der Waals surface area contributed by atoms with Gasteiger partial charge < -0.3 is 14.8 Å². The highest BCUT2D eigenvalue weighted by Gasteiger charge is 2.41. The predicted molar refractivity (Wildman–Crippen MR) is 116 cm³/mol. The fourth-order valence-corrected chi connectivity index (χ4v) is 4.97. The Hall–Kier alpha value is -3.58. The van der Waals surface area contributed by atoms with E-state index >= 15 is 0 Å². The summed E-state index contributed by atoms with van der Waals surface area (Å²) in [5.41, 5.74) is 4.30. The van der Waals surface area contributed by atoms with Crippen LogP contribution in [-0.4, -0.2) is 21.9 Å². The van der Waals surface area contributed by atoms with E-state index in [4.69, 9.17) is 9.47 Å². The van der Waals surface area contributed by atoms with Crippen LogP contribution in [0.2, 0.25) is 0 Å². The second kappa shape index (κ2) is 6.74. The fraction of sp³-hybridized carbons (Fsp3) is 0.130. The molecule has 2 aromatic heterocycles. The molecule has 4 heterocycles. The van der Waals surface area contributed by atoms with Crippen LogP contribution in [0.15, 0.2) is 77.9 Å². The number of methoxy groups -OCH3 is 1. The number of anilines is 1. The molecule has 0 spiro atoms. The topological polar surface area (TPSA) is 61.2 Å². The first-order valence-electron chi connectivity index (χ1n) is 9.67. The lowest BCUT2D eigenvalue weighted by atomic mass is 9.86. The smallest absolute Gasteiger partial charge is 0.226 e. The molecule has 0 saturated carbocycles. The number of benzene rings is 2. The van der Waals surface area contributed by atoms with Gasteiger partial charge in [0.15, 0.2) is 6.10 Å². The number of hydrogen-bond donors (Lipinski definition) is 1. The minimum absolute atomic E-state index is 0.148. The zero-order valence-corrected chi connectivity index (χ0v) is 17.0. The van der Waals surface area contributed by atoms with Crippen molar-refractivity contribution in [2.45, 2.75) is 12.1 Å². The second-order valence-corrected chi connectivity index (χ2v) is 8.15. The average Bonchev–Trinajstić information content (AvgIpc) is 3.49. The Bertz CT molecular complexity index is 1240. The third-order valence-corrected chi connectivity index (χ3v) is 6.47. The first-order valence-corrected chi connectivity index (χ1v) is 10.6. The molecule has 6 rings (SSSR count). The molecular weight excluding hydrogens is 396 g/mol. The number of aromatic nitrogens is 3. The van der Waals surface area contributed by atoms with Gasteiger partial charge in [0, 0.05) is 16.0 Å². The average molecular weight is 414 g/mol. The van der Waals surface area contributed by atoms with E-state index in [2.05, 4.69) is 51.1 Å². The summed E-state index contributed by atoms with van der Waals surface area (Å²) >= 11 is 1.69. The lowest BCUT2D eigenvalue weighted by molar-refractivity contribution is 0.226. The molecule has 0 aliphatic carbocycles.